The normalized spacial score (nSPS) is 11.3. The Kier molecular flexibility index (Phi) is 5.38. The van der Waals surface area contributed by atoms with Gasteiger partial charge in [-0.3, -0.25) is 10.6 Å². The van der Waals surface area contributed by atoms with Crippen LogP contribution in [0.4, 0.5) is 18.9 Å². The summed E-state index contributed by atoms with van der Waals surface area (Å²) in [6.07, 6.45) is -2.86. The molecule has 0 bridgehead atoms. The number of hydrogen-bond donors (Lipinski definition) is 2. The number of nitrogens with zero attached hydrogens (tertiary/aromatic N) is 1. The number of halogens is 3. The molecule has 0 atom stereocenters. The predicted octanol–water partition coefficient (Wildman–Crippen LogP) is 2.86. The van der Waals surface area contributed by atoms with E-state index in [1.165, 1.54) is 11.0 Å². The summed E-state index contributed by atoms with van der Waals surface area (Å²) >= 11 is 0. The van der Waals surface area contributed by atoms with Gasteiger partial charge in [-0.05, 0) is 24.6 Å². The number of nitrogens with two attached hydrogens (primary N) is 1. The lowest BCUT2D eigenvalue weighted by Gasteiger charge is -2.18. The van der Waals surface area contributed by atoms with Crippen molar-refractivity contribution >= 4 is 11.6 Å². The van der Waals surface area contributed by atoms with Crippen molar-refractivity contribution in [2.45, 2.75) is 25.9 Å². The van der Waals surface area contributed by atoms with E-state index in [2.05, 4.69) is 0 Å². The molecule has 7 heteroatoms. The van der Waals surface area contributed by atoms with Crippen molar-refractivity contribution in [1.82, 2.24) is 4.90 Å². The summed E-state index contributed by atoms with van der Waals surface area (Å²) in [7, 11) is 1.57. The predicted molar refractivity (Wildman–Crippen MR) is 71.1 cm³/mol. The molecule has 1 amide bonds. The number of nitrogens with one attached hydrogen (secondary N) is 1. The van der Waals surface area contributed by atoms with Crippen LogP contribution >= 0.6 is 0 Å². The van der Waals surface area contributed by atoms with Crippen molar-refractivity contribution in [2.75, 3.05) is 19.0 Å². The van der Waals surface area contributed by atoms with Gasteiger partial charge in [-0.15, -0.1) is 0 Å². The molecule has 1 aromatic carbocycles. The lowest BCUT2D eigenvalue weighted by atomic mass is 10.1. The van der Waals surface area contributed by atoms with Crippen molar-refractivity contribution < 1.29 is 18.0 Å². The quantitative estimate of drug-likeness (QED) is 0.647. The van der Waals surface area contributed by atoms with Crippen molar-refractivity contribution in [3.63, 3.8) is 0 Å². The van der Waals surface area contributed by atoms with E-state index in [0.29, 0.717) is 6.54 Å². The summed E-state index contributed by atoms with van der Waals surface area (Å²) < 4.78 is 38.6. The van der Waals surface area contributed by atoms with Crippen LogP contribution in [-0.4, -0.2) is 24.4 Å². The van der Waals surface area contributed by atoms with Crippen LogP contribution < -0.4 is 11.3 Å². The average Bonchev–Trinajstić information content (AvgIpc) is 2.42. The minimum absolute atomic E-state index is 0.00470. The zero-order chi connectivity index (χ0) is 15.3. The molecule has 1 aromatic rings. The number of anilines is 1. The molecule has 0 aliphatic carbocycles. The summed E-state index contributed by atoms with van der Waals surface area (Å²) in [5.74, 6) is 4.62. The van der Waals surface area contributed by atoms with Crippen LogP contribution in [0.5, 0.6) is 0 Å². The number of alkyl halides is 3. The Balaban J connectivity index is 3.05. The highest BCUT2D eigenvalue weighted by Crippen LogP contribution is 2.35. The summed E-state index contributed by atoms with van der Waals surface area (Å²) in [6.45, 7) is 2.48. The number of carbonyl (C=O) groups excluding carboxylic acids is 1. The Hall–Kier alpha value is -1.76. The lowest BCUT2D eigenvalue weighted by Crippen LogP contribution is -2.28. The van der Waals surface area contributed by atoms with E-state index >= 15 is 0 Å². The largest absolute Gasteiger partial charge is 0.418 e. The first-order valence-corrected chi connectivity index (χ1v) is 6.24. The third-order valence-electron chi connectivity index (χ3n) is 2.92. The van der Waals surface area contributed by atoms with E-state index in [0.717, 1.165) is 25.0 Å². The number of amides is 1. The molecule has 0 aliphatic rings. The molecule has 20 heavy (non-hydrogen) atoms. The smallest absolute Gasteiger partial charge is 0.342 e. The third kappa shape index (κ3) is 3.86. The zero-order valence-electron chi connectivity index (χ0n) is 11.4. The second kappa shape index (κ2) is 6.60. The summed E-state index contributed by atoms with van der Waals surface area (Å²) in [6, 6.07) is 3.30. The van der Waals surface area contributed by atoms with Crippen molar-refractivity contribution in [1.29, 1.82) is 0 Å². The highest BCUT2D eigenvalue weighted by molar-refractivity contribution is 5.94. The van der Waals surface area contributed by atoms with Gasteiger partial charge in [0.15, 0.2) is 0 Å². The maximum absolute atomic E-state index is 12.9. The molecular weight excluding hydrogens is 271 g/mol. The summed E-state index contributed by atoms with van der Waals surface area (Å²) in [5, 5.41) is 0. The van der Waals surface area contributed by atoms with Gasteiger partial charge >= 0.3 is 6.18 Å². The third-order valence-corrected chi connectivity index (χ3v) is 2.92. The molecule has 4 nitrogen and oxygen atoms in total. The molecule has 3 N–H and O–H groups in total. The fraction of sp³-hybridized carbons (Fsp3) is 0.462. The molecule has 0 unspecified atom stereocenters. The highest BCUT2D eigenvalue weighted by Gasteiger charge is 2.34. The monoisotopic (exact) mass is 289 g/mol. The molecular formula is C13H18F3N3O. The number of nitrogen functional groups attached to an aromatic ring is 1. The van der Waals surface area contributed by atoms with E-state index in [-0.39, 0.29) is 11.3 Å². The minimum Gasteiger partial charge on any atom is -0.342 e. The minimum atomic E-state index is -4.57. The van der Waals surface area contributed by atoms with E-state index in [1.807, 2.05) is 12.3 Å². The van der Waals surface area contributed by atoms with Crippen LogP contribution in [0.25, 0.3) is 0 Å². The maximum atomic E-state index is 12.9. The fourth-order valence-electron chi connectivity index (χ4n) is 1.75. The maximum Gasteiger partial charge on any atom is 0.418 e. The second-order valence-electron chi connectivity index (χ2n) is 4.48. The number of unbranched alkanes of at least 4 members (excludes halogenated alkanes) is 1. The molecule has 0 aromatic heterocycles. The van der Waals surface area contributed by atoms with Gasteiger partial charge in [-0.1, -0.05) is 13.3 Å². The number of carbonyl (C=O) groups is 1. The van der Waals surface area contributed by atoms with Gasteiger partial charge in [-0.2, -0.15) is 13.2 Å². The first-order valence-electron chi connectivity index (χ1n) is 6.24. The average molecular weight is 289 g/mol. The van der Waals surface area contributed by atoms with E-state index < -0.39 is 17.6 Å². The van der Waals surface area contributed by atoms with Gasteiger partial charge in [0.05, 0.1) is 11.3 Å². The van der Waals surface area contributed by atoms with E-state index in [1.54, 1.807) is 7.05 Å². The number of hydrogen-bond acceptors (Lipinski definition) is 3. The van der Waals surface area contributed by atoms with Gasteiger partial charge in [0, 0.05) is 19.2 Å². The Morgan fingerprint density at radius 3 is 2.55 bits per heavy atom. The van der Waals surface area contributed by atoms with Crippen LogP contribution in [0.2, 0.25) is 0 Å². The Bertz CT molecular complexity index is 474. The van der Waals surface area contributed by atoms with Crippen LogP contribution in [0.3, 0.4) is 0 Å². The van der Waals surface area contributed by atoms with Gasteiger partial charge in [-0.25, -0.2) is 0 Å². The van der Waals surface area contributed by atoms with Gasteiger partial charge < -0.3 is 10.3 Å². The van der Waals surface area contributed by atoms with E-state index in [4.69, 9.17) is 5.84 Å². The first-order chi connectivity index (χ1) is 9.31. The van der Waals surface area contributed by atoms with Crippen LogP contribution in [-0.2, 0) is 6.18 Å². The lowest BCUT2D eigenvalue weighted by molar-refractivity contribution is -0.137. The summed E-state index contributed by atoms with van der Waals surface area (Å²) in [4.78, 5) is 13.4. The molecule has 0 saturated heterocycles. The number of rotatable bonds is 5. The topological polar surface area (TPSA) is 58.4 Å². The Morgan fingerprint density at radius 2 is 2.05 bits per heavy atom. The second-order valence-corrected chi connectivity index (χ2v) is 4.48. The summed E-state index contributed by atoms with van der Waals surface area (Å²) in [5.41, 5.74) is 0.774. The molecule has 0 radical (unpaired) electrons. The standard InChI is InChI=1S/C13H18F3N3O/c1-3-4-7-19(2)12(20)9-5-6-11(18-17)10(8-9)13(14,15)16/h5-6,8,18H,3-4,7,17H2,1-2H3. The molecule has 112 valence electrons. The van der Waals surface area contributed by atoms with Crippen LogP contribution in [0.1, 0.15) is 35.7 Å². The van der Waals surface area contributed by atoms with Crippen molar-refractivity contribution in [2.24, 2.45) is 5.84 Å². The number of benzene rings is 1. The highest BCUT2D eigenvalue weighted by atomic mass is 19.4. The molecule has 0 aliphatic heterocycles. The van der Waals surface area contributed by atoms with Crippen molar-refractivity contribution in [3.8, 4) is 0 Å². The van der Waals surface area contributed by atoms with Crippen molar-refractivity contribution in [3.05, 3.63) is 29.3 Å². The molecule has 1 rings (SSSR count). The van der Waals surface area contributed by atoms with Gasteiger partial charge in [0.2, 0.25) is 0 Å². The SMILES string of the molecule is CCCCN(C)C(=O)c1ccc(NN)c(C(F)(F)F)c1. The Labute approximate surface area is 115 Å². The Morgan fingerprint density at radius 1 is 1.40 bits per heavy atom. The van der Waals surface area contributed by atoms with Crippen LogP contribution in [0.15, 0.2) is 18.2 Å². The first kappa shape index (κ1) is 16.3. The molecule has 0 saturated carbocycles. The van der Waals surface area contributed by atoms with Crippen LogP contribution in [0, 0.1) is 0 Å². The van der Waals surface area contributed by atoms with Gasteiger partial charge in [0.1, 0.15) is 0 Å². The number of hydrazine groups is 1. The fourth-order valence-corrected chi connectivity index (χ4v) is 1.75. The van der Waals surface area contributed by atoms with Gasteiger partial charge in [0.25, 0.3) is 5.91 Å². The molecule has 0 fully saturated rings. The van der Waals surface area contributed by atoms with E-state index in [9.17, 15) is 18.0 Å². The molecule has 0 spiro atoms. The molecule has 0 heterocycles. The zero-order valence-corrected chi connectivity index (χ0v) is 11.4.